The summed E-state index contributed by atoms with van der Waals surface area (Å²) >= 11 is 0. The zero-order chi connectivity index (χ0) is 25.9. The molecule has 1 aliphatic carbocycles. The first kappa shape index (κ1) is 25.5. The molecule has 1 atom stereocenters. The van der Waals surface area contributed by atoms with Crippen LogP contribution in [0.3, 0.4) is 0 Å². The van der Waals surface area contributed by atoms with E-state index in [-0.39, 0.29) is 36.4 Å². The Morgan fingerprint density at radius 3 is 2.50 bits per heavy atom. The molecule has 0 spiro atoms. The van der Waals surface area contributed by atoms with Crippen molar-refractivity contribution in [2.45, 2.75) is 63.6 Å². The molecule has 10 heteroatoms. The molecule has 36 heavy (non-hydrogen) atoms. The van der Waals surface area contributed by atoms with Gasteiger partial charge in [0.1, 0.15) is 11.2 Å². The zero-order valence-corrected chi connectivity index (χ0v) is 21.3. The molecule has 2 amide bonds. The Hall–Kier alpha value is -3.56. The fourth-order valence-electron chi connectivity index (χ4n) is 5.15. The lowest BCUT2D eigenvalue weighted by atomic mass is 9.91. The molecule has 1 aliphatic heterocycles. The van der Waals surface area contributed by atoms with Crippen LogP contribution in [-0.4, -0.2) is 71.7 Å². The largest absolute Gasteiger partial charge is 0.493 e. The summed E-state index contributed by atoms with van der Waals surface area (Å²) in [4.78, 5) is 45.5. The van der Waals surface area contributed by atoms with Crippen LogP contribution in [0.15, 0.2) is 24.5 Å². The van der Waals surface area contributed by atoms with Crippen LogP contribution in [0.5, 0.6) is 11.5 Å². The fraction of sp³-hybridized carbons (Fsp3) is 0.538. The van der Waals surface area contributed by atoms with Crippen molar-refractivity contribution in [1.82, 2.24) is 19.8 Å². The van der Waals surface area contributed by atoms with Gasteiger partial charge in [-0.2, -0.15) is 0 Å². The number of hydrogen-bond donors (Lipinski definition) is 1. The topological polar surface area (TPSA) is 112 Å². The van der Waals surface area contributed by atoms with Gasteiger partial charge in [-0.25, -0.2) is 9.78 Å². The zero-order valence-electron chi connectivity index (χ0n) is 21.3. The number of imidazole rings is 1. The van der Waals surface area contributed by atoms with Gasteiger partial charge in [0.25, 0.3) is 5.91 Å². The number of amides is 2. The van der Waals surface area contributed by atoms with E-state index in [0.717, 1.165) is 31.2 Å². The predicted octanol–water partition coefficient (Wildman–Crippen LogP) is 2.59. The molecule has 1 aromatic heterocycles. The number of nitrogens with zero attached hydrogens (tertiary/aromatic N) is 3. The lowest BCUT2D eigenvalue weighted by molar-refractivity contribution is -0.133. The molecule has 2 heterocycles. The monoisotopic (exact) mass is 498 g/mol. The van der Waals surface area contributed by atoms with E-state index in [4.69, 9.17) is 14.2 Å². The minimum atomic E-state index is -1.16. The van der Waals surface area contributed by atoms with Gasteiger partial charge in [-0.3, -0.25) is 9.59 Å². The number of esters is 1. The van der Waals surface area contributed by atoms with Crippen LogP contribution in [0.25, 0.3) is 0 Å². The van der Waals surface area contributed by atoms with Gasteiger partial charge >= 0.3 is 5.97 Å². The van der Waals surface area contributed by atoms with Crippen molar-refractivity contribution in [2.24, 2.45) is 0 Å². The third-order valence-electron chi connectivity index (χ3n) is 7.24. The molecule has 1 N–H and O–H groups in total. The van der Waals surface area contributed by atoms with Crippen LogP contribution in [-0.2, 0) is 22.5 Å². The summed E-state index contributed by atoms with van der Waals surface area (Å²) in [6.45, 7) is 2.22. The smallest absolute Gasteiger partial charge is 0.359 e. The molecular weight excluding hydrogens is 464 g/mol. The Morgan fingerprint density at radius 1 is 1.11 bits per heavy atom. The molecule has 4 rings (SSSR count). The van der Waals surface area contributed by atoms with Crippen molar-refractivity contribution in [3.05, 3.63) is 41.5 Å². The molecule has 1 saturated carbocycles. The highest BCUT2D eigenvalue weighted by atomic mass is 16.5. The van der Waals surface area contributed by atoms with E-state index in [1.807, 2.05) is 18.2 Å². The van der Waals surface area contributed by atoms with E-state index < -0.39 is 17.4 Å². The fourth-order valence-corrected chi connectivity index (χ4v) is 5.15. The lowest BCUT2D eigenvalue weighted by Crippen LogP contribution is -2.65. The molecule has 1 aromatic carbocycles. The third kappa shape index (κ3) is 4.76. The van der Waals surface area contributed by atoms with Crippen LogP contribution in [0, 0.1) is 0 Å². The Bertz CT molecular complexity index is 1140. The van der Waals surface area contributed by atoms with E-state index in [1.54, 1.807) is 30.6 Å². The number of nitrogens with one attached hydrogen (secondary N) is 1. The van der Waals surface area contributed by atoms with Crippen molar-refractivity contribution < 1.29 is 28.6 Å². The first-order valence-electron chi connectivity index (χ1n) is 12.3. The number of fused-ring (bicyclic) bond motifs is 1. The average molecular weight is 499 g/mol. The summed E-state index contributed by atoms with van der Waals surface area (Å²) in [5.41, 5.74) is -0.153. The minimum absolute atomic E-state index is 0.0478. The summed E-state index contributed by atoms with van der Waals surface area (Å²) in [6.07, 6.45) is 7.11. The molecule has 10 nitrogen and oxygen atoms in total. The molecule has 2 aromatic rings. The highest BCUT2D eigenvalue weighted by Gasteiger charge is 2.49. The average Bonchev–Trinajstić information content (AvgIpc) is 3.32. The number of rotatable bonds is 8. The normalized spacial score (nSPS) is 20.0. The van der Waals surface area contributed by atoms with E-state index in [9.17, 15) is 14.4 Å². The molecule has 194 valence electrons. The molecule has 0 saturated heterocycles. The number of methoxy groups -OCH3 is 3. The Kier molecular flexibility index (Phi) is 7.51. The molecule has 0 bridgehead atoms. The Labute approximate surface area is 210 Å². The van der Waals surface area contributed by atoms with Crippen molar-refractivity contribution in [1.29, 1.82) is 0 Å². The van der Waals surface area contributed by atoms with E-state index >= 15 is 0 Å². The summed E-state index contributed by atoms with van der Waals surface area (Å²) < 4.78 is 17.1. The van der Waals surface area contributed by atoms with E-state index in [2.05, 4.69) is 10.3 Å². The van der Waals surface area contributed by atoms with Crippen LogP contribution in [0.2, 0.25) is 0 Å². The molecule has 0 unspecified atom stereocenters. The second kappa shape index (κ2) is 10.6. The summed E-state index contributed by atoms with van der Waals surface area (Å²) in [5.74, 6) is -0.121. The van der Waals surface area contributed by atoms with Crippen molar-refractivity contribution >= 4 is 17.8 Å². The number of aromatic nitrogens is 2. The van der Waals surface area contributed by atoms with E-state index in [0.29, 0.717) is 17.9 Å². The number of carbonyl (C=O) groups is 3. The maximum Gasteiger partial charge on any atom is 0.359 e. The number of hydrogen-bond acceptors (Lipinski definition) is 7. The van der Waals surface area contributed by atoms with Crippen LogP contribution in [0.1, 0.15) is 65.6 Å². The SMILES string of the molecule is COC(=O)c1ncn2c1C(=O)N(CCc1ccc(OC)c(OC)c1)[C@](C)(C(=O)NC1CCCCC1)C2. The van der Waals surface area contributed by atoms with Crippen molar-refractivity contribution in [2.75, 3.05) is 27.9 Å². The maximum absolute atomic E-state index is 13.8. The maximum atomic E-state index is 13.8. The van der Waals surface area contributed by atoms with Gasteiger partial charge in [-0.1, -0.05) is 25.3 Å². The lowest BCUT2D eigenvalue weighted by Gasteiger charge is -2.44. The molecule has 0 radical (unpaired) electrons. The molecule has 2 aliphatic rings. The van der Waals surface area contributed by atoms with Gasteiger partial charge in [-0.05, 0) is 43.9 Å². The van der Waals surface area contributed by atoms with E-state index in [1.165, 1.54) is 19.9 Å². The first-order chi connectivity index (χ1) is 17.3. The van der Waals surface area contributed by atoms with Gasteiger partial charge in [0.05, 0.1) is 34.2 Å². The van der Waals surface area contributed by atoms with Gasteiger partial charge in [0.2, 0.25) is 5.91 Å². The van der Waals surface area contributed by atoms with Crippen molar-refractivity contribution in [3.8, 4) is 11.5 Å². The Morgan fingerprint density at radius 2 is 1.83 bits per heavy atom. The highest BCUT2D eigenvalue weighted by molar-refractivity contribution is 6.06. The quantitative estimate of drug-likeness (QED) is 0.557. The Balaban J connectivity index is 1.65. The van der Waals surface area contributed by atoms with Gasteiger partial charge in [0.15, 0.2) is 17.2 Å². The molecular formula is C26H34N4O6. The summed E-state index contributed by atoms with van der Waals surface area (Å²) in [7, 11) is 4.39. The van der Waals surface area contributed by atoms with Crippen molar-refractivity contribution in [3.63, 3.8) is 0 Å². The molecule has 1 fully saturated rings. The number of ether oxygens (including phenoxy) is 3. The summed E-state index contributed by atoms with van der Waals surface area (Å²) in [5, 5.41) is 3.19. The van der Waals surface area contributed by atoms with Gasteiger partial charge in [0, 0.05) is 12.6 Å². The first-order valence-corrected chi connectivity index (χ1v) is 12.3. The van der Waals surface area contributed by atoms with Gasteiger partial charge in [-0.15, -0.1) is 0 Å². The number of benzene rings is 1. The predicted molar refractivity (Wildman–Crippen MR) is 131 cm³/mol. The van der Waals surface area contributed by atoms with Crippen LogP contribution in [0.4, 0.5) is 0 Å². The van der Waals surface area contributed by atoms with Crippen LogP contribution >= 0.6 is 0 Å². The van der Waals surface area contributed by atoms with Gasteiger partial charge < -0.3 is 29.0 Å². The second-order valence-electron chi connectivity index (χ2n) is 9.54. The number of carbonyl (C=O) groups excluding carboxylic acids is 3. The third-order valence-corrected chi connectivity index (χ3v) is 7.24. The second-order valence-corrected chi connectivity index (χ2v) is 9.54. The highest BCUT2D eigenvalue weighted by Crippen LogP contribution is 2.32. The minimum Gasteiger partial charge on any atom is -0.493 e. The standard InChI is InChI=1S/C26H34N4O6/c1-26(25(33)28-18-8-6-5-7-9-18)15-29-16-27-21(24(32)36-4)22(29)23(31)30(26)13-12-17-10-11-19(34-2)20(14-17)35-3/h10-11,14,16,18H,5-9,12-13,15H2,1-4H3,(H,28,33)/t26-/m0/s1. The summed E-state index contributed by atoms with van der Waals surface area (Å²) in [6, 6.07) is 5.67. The van der Waals surface area contributed by atoms with Crippen LogP contribution < -0.4 is 14.8 Å².